The van der Waals surface area contributed by atoms with E-state index in [1.165, 1.54) is 37.2 Å². The molecule has 0 aliphatic rings. The molecule has 0 saturated carbocycles. The van der Waals surface area contributed by atoms with Crippen LogP contribution >= 0.6 is 15.9 Å². The minimum absolute atomic E-state index is 0.105. The van der Waals surface area contributed by atoms with Crippen molar-refractivity contribution >= 4 is 44.0 Å². The van der Waals surface area contributed by atoms with Crippen molar-refractivity contribution in [1.29, 1.82) is 0 Å². The summed E-state index contributed by atoms with van der Waals surface area (Å²) in [7, 11) is 3.00. The molecular weight excluding hydrogens is 605 g/mol. The van der Waals surface area contributed by atoms with E-state index in [1.54, 1.807) is 42.5 Å². The second-order valence-electron chi connectivity index (χ2n) is 9.28. The van der Waals surface area contributed by atoms with Crippen molar-refractivity contribution in [1.82, 2.24) is 9.66 Å². The van der Waals surface area contributed by atoms with E-state index in [9.17, 15) is 9.18 Å². The normalized spacial score (nSPS) is 11.4. The van der Waals surface area contributed by atoms with Crippen molar-refractivity contribution in [2.75, 3.05) is 14.2 Å². The minimum atomic E-state index is -0.359. The lowest BCUT2D eigenvalue weighted by molar-refractivity contribution is 0.265. The van der Waals surface area contributed by atoms with Gasteiger partial charge in [0, 0.05) is 15.4 Å². The number of methoxy groups -OCH3 is 2. The Morgan fingerprint density at radius 1 is 0.976 bits per heavy atom. The molecule has 8 nitrogen and oxygen atoms in total. The van der Waals surface area contributed by atoms with Crippen LogP contribution in [0.2, 0.25) is 0 Å². The predicted octanol–water partition coefficient (Wildman–Crippen LogP) is 7.19. The molecule has 4 aromatic carbocycles. The van der Waals surface area contributed by atoms with Crippen LogP contribution < -0.4 is 19.8 Å². The summed E-state index contributed by atoms with van der Waals surface area (Å²) in [6.45, 7) is 0.105. The smallest absolute Gasteiger partial charge is 0.282 e. The number of hydrogen-bond acceptors (Lipinski definition) is 7. The number of fused-ring (bicyclic) bond motifs is 2. The zero-order valence-corrected chi connectivity index (χ0v) is 24.1. The van der Waals surface area contributed by atoms with Crippen molar-refractivity contribution in [2.24, 2.45) is 5.10 Å². The Balaban J connectivity index is 1.41. The van der Waals surface area contributed by atoms with E-state index < -0.39 is 0 Å². The maximum absolute atomic E-state index is 13.6. The van der Waals surface area contributed by atoms with Crippen LogP contribution in [-0.4, -0.2) is 30.1 Å². The minimum Gasteiger partial charge on any atom is -0.493 e. The molecule has 0 amide bonds. The molecule has 210 valence electrons. The van der Waals surface area contributed by atoms with E-state index in [4.69, 9.17) is 23.6 Å². The quantitative estimate of drug-likeness (QED) is 0.166. The lowest BCUT2D eigenvalue weighted by Gasteiger charge is -2.15. The highest BCUT2D eigenvalue weighted by Crippen LogP contribution is 2.39. The predicted molar refractivity (Wildman–Crippen MR) is 162 cm³/mol. The van der Waals surface area contributed by atoms with Crippen molar-refractivity contribution in [3.8, 4) is 28.8 Å². The molecule has 0 radical (unpaired) electrons. The Kier molecular flexibility index (Phi) is 7.45. The Morgan fingerprint density at radius 3 is 2.52 bits per heavy atom. The standard InChI is InChI=1S/C32H23BrFN3O5/c1-39-27-13-20(14-28(40-2)30(27)41-18-19-6-5-7-23(34)12-19)17-35-37-31(36-25-9-4-3-8-24(25)32(37)38)29-16-21-15-22(33)10-11-26(21)42-29/h3-17H,18H2,1-2H3. The van der Waals surface area contributed by atoms with Crippen molar-refractivity contribution in [2.45, 2.75) is 6.61 Å². The van der Waals surface area contributed by atoms with Gasteiger partial charge in [0.2, 0.25) is 11.6 Å². The van der Waals surface area contributed by atoms with Crippen molar-refractivity contribution in [3.63, 3.8) is 0 Å². The lowest BCUT2D eigenvalue weighted by atomic mass is 10.2. The van der Waals surface area contributed by atoms with Gasteiger partial charge in [0.1, 0.15) is 18.0 Å². The van der Waals surface area contributed by atoms with Crippen LogP contribution in [0.3, 0.4) is 0 Å². The highest BCUT2D eigenvalue weighted by Gasteiger charge is 2.18. The number of para-hydroxylation sites is 1. The fraction of sp³-hybridized carbons (Fsp3) is 0.0938. The van der Waals surface area contributed by atoms with Gasteiger partial charge in [-0.2, -0.15) is 9.78 Å². The highest BCUT2D eigenvalue weighted by molar-refractivity contribution is 9.10. The molecule has 0 aliphatic carbocycles. The molecule has 42 heavy (non-hydrogen) atoms. The summed E-state index contributed by atoms with van der Waals surface area (Å²) >= 11 is 3.48. The Hall–Kier alpha value is -4.96. The Labute approximate surface area is 247 Å². The molecule has 0 atom stereocenters. The maximum atomic E-state index is 13.6. The second-order valence-corrected chi connectivity index (χ2v) is 10.2. The van der Waals surface area contributed by atoms with E-state index in [-0.39, 0.29) is 23.8 Å². The van der Waals surface area contributed by atoms with E-state index in [0.29, 0.717) is 50.6 Å². The fourth-order valence-corrected chi connectivity index (χ4v) is 4.92. The average Bonchev–Trinajstić information content (AvgIpc) is 3.42. The van der Waals surface area contributed by atoms with Crippen LogP contribution in [0.4, 0.5) is 4.39 Å². The third-order valence-electron chi connectivity index (χ3n) is 6.53. The average molecular weight is 628 g/mol. The summed E-state index contributed by atoms with van der Waals surface area (Å²) in [4.78, 5) is 18.3. The van der Waals surface area contributed by atoms with E-state index in [2.05, 4.69) is 21.0 Å². The lowest BCUT2D eigenvalue weighted by Crippen LogP contribution is -2.20. The third kappa shape index (κ3) is 5.36. The largest absolute Gasteiger partial charge is 0.493 e. The first kappa shape index (κ1) is 27.2. The van der Waals surface area contributed by atoms with Crippen molar-refractivity contribution in [3.05, 3.63) is 117 Å². The van der Waals surface area contributed by atoms with E-state index in [0.717, 1.165) is 9.86 Å². The number of hydrogen-bond donors (Lipinski definition) is 0. The van der Waals surface area contributed by atoms with Crippen LogP contribution in [0, 0.1) is 5.82 Å². The van der Waals surface area contributed by atoms with Gasteiger partial charge in [-0.25, -0.2) is 9.37 Å². The van der Waals surface area contributed by atoms with E-state index >= 15 is 0 Å². The van der Waals surface area contributed by atoms with Gasteiger partial charge >= 0.3 is 0 Å². The molecule has 2 heterocycles. The second kappa shape index (κ2) is 11.5. The van der Waals surface area contributed by atoms with Gasteiger partial charge in [-0.05, 0) is 66.2 Å². The molecule has 2 aromatic heterocycles. The van der Waals surface area contributed by atoms with Gasteiger partial charge in [0.05, 0.1) is 31.3 Å². The van der Waals surface area contributed by atoms with E-state index in [1.807, 2.05) is 30.3 Å². The molecule has 0 fully saturated rings. The molecule has 0 saturated heterocycles. The number of halogens is 2. The molecular formula is C32H23BrFN3O5. The molecule has 0 bridgehead atoms. The number of ether oxygens (including phenoxy) is 3. The fourth-order valence-electron chi connectivity index (χ4n) is 4.54. The first-order valence-electron chi connectivity index (χ1n) is 12.8. The van der Waals surface area contributed by atoms with Gasteiger partial charge < -0.3 is 18.6 Å². The summed E-state index contributed by atoms with van der Waals surface area (Å²) in [6, 6.07) is 24.1. The maximum Gasteiger partial charge on any atom is 0.282 e. The van der Waals surface area contributed by atoms with Gasteiger partial charge in [-0.1, -0.05) is 40.2 Å². The number of aromatic nitrogens is 2. The van der Waals surface area contributed by atoms with Crippen LogP contribution in [0.15, 0.2) is 104 Å². The number of rotatable bonds is 8. The topological polar surface area (TPSA) is 88.1 Å². The summed E-state index contributed by atoms with van der Waals surface area (Å²) in [5.41, 5.74) is 2.03. The Morgan fingerprint density at radius 2 is 1.76 bits per heavy atom. The molecule has 0 aliphatic heterocycles. The van der Waals surface area contributed by atoms with Gasteiger partial charge in [0.15, 0.2) is 17.3 Å². The molecule has 0 spiro atoms. The monoisotopic (exact) mass is 627 g/mol. The van der Waals surface area contributed by atoms with Crippen molar-refractivity contribution < 1.29 is 23.0 Å². The SMILES string of the molecule is COc1cc(C=Nn2c(-c3cc4cc(Br)ccc4o3)nc3ccccc3c2=O)cc(OC)c1OCc1cccc(F)c1. The molecule has 0 unspecified atom stereocenters. The third-order valence-corrected chi connectivity index (χ3v) is 7.02. The van der Waals surface area contributed by atoms with Gasteiger partial charge in [-0.3, -0.25) is 4.79 Å². The Bertz CT molecular complexity index is 2010. The van der Waals surface area contributed by atoms with Crippen LogP contribution in [0.25, 0.3) is 33.5 Å². The first-order chi connectivity index (χ1) is 20.4. The molecule has 10 heteroatoms. The molecule has 6 rings (SSSR count). The zero-order chi connectivity index (χ0) is 29.2. The highest BCUT2D eigenvalue weighted by atomic mass is 79.9. The van der Waals surface area contributed by atoms with Gasteiger partial charge in [-0.15, -0.1) is 0 Å². The zero-order valence-electron chi connectivity index (χ0n) is 22.5. The summed E-state index contributed by atoms with van der Waals surface area (Å²) in [5, 5.41) is 5.79. The summed E-state index contributed by atoms with van der Waals surface area (Å²) in [5.74, 6) is 1.38. The number of nitrogens with zero attached hydrogens (tertiary/aromatic N) is 3. The van der Waals surface area contributed by atoms with Crippen LogP contribution in [-0.2, 0) is 6.61 Å². The molecule has 0 N–H and O–H groups in total. The van der Waals surface area contributed by atoms with Crippen LogP contribution in [0.5, 0.6) is 17.2 Å². The van der Waals surface area contributed by atoms with Gasteiger partial charge in [0.25, 0.3) is 5.56 Å². The molecule has 6 aromatic rings. The number of benzene rings is 4. The first-order valence-corrected chi connectivity index (χ1v) is 13.6. The summed E-state index contributed by atoms with van der Waals surface area (Å²) in [6.07, 6.45) is 1.50. The number of furan rings is 1. The van der Waals surface area contributed by atoms with Crippen LogP contribution in [0.1, 0.15) is 11.1 Å². The summed E-state index contributed by atoms with van der Waals surface area (Å²) < 4.78 is 38.9.